The predicted molar refractivity (Wildman–Crippen MR) is 78.0 cm³/mol. The minimum Gasteiger partial charge on any atom is -0.481 e. The van der Waals surface area contributed by atoms with Gasteiger partial charge in [-0.15, -0.1) is 0 Å². The van der Waals surface area contributed by atoms with Crippen LogP contribution in [0.2, 0.25) is 0 Å². The molecule has 0 radical (unpaired) electrons. The molecule has 6 heteroatoms. The van der Waals surface area contributed by atoms with Crippen LogP contribution >= 0.6 is 0 Å². The zero-order valence-corrected chi connectivity index (χ0v) is 12.5. The Morgan fingerprint density at radius 1 is 1.25 bits per heavy atom. The van der Waals surface area contributed by atoms with Gasteiger partial charge in [0.25, 0.3) is 0 Å². The Bertz CT molecular complexity index is 513. The van der Waals surface area contributed by atoms with Crippen molar-refractivity contribution in [2.45, 2.75) is 26.2 Å². The number of carboxylic acid groups (broad SMARTS) is 1. The van der Waals surface area contributed by atoms with Crippen molar-refractivity contribution in [2.24, 2.45) is 0 Å². The van der Waals surface area contributed by atoms with Gasteiger partial charge in [-0.2, -0.15) is 0 Å². The van der Waals surface area contributed by atoms with Crippen LogP contribution in [0.4, 0.5) is 0 Å². The van der Waals surface area contributed by atoms with Gasteiger partial charge in [-0.3, -0.25) is 4.79 Å². The molecule has 1 aromatic rings. The third kappa shape index (κ3) is 5.71. The molecule has 0 saturated carbocycles. The second kappa shape index (κ2) is 8.01. The third-order valence-electron chi connectivity index (χ3n) is 3.03. The first kappa shape index (κ1) is 16.7. The second-order valence-corrected chi connectivity index (χ2v) is 6.63. The molecular formula is C14H21NO4S. The lowest BCUT2D eigenvalue weighted by Crippen LogP contribution is -2.34. The van der Waals surface area contributed by atoms with Gasteiger partial charge < -0.3 is 5.11 Å². The number of hydrogen-bond donors (Lipinski definition) is 1. The molecule has 0 bridgehead atoms. The van der Waals surface area contributed by atoms with Gasteiger partial charge in [-0.1, -0.05) is 37.3 Å². The Morgan fingerprint density at radius 3 is 2.45 bits per heavy atom. The average Bonchev–Trinajstić information content (AvgIpc) is 2.39. The summed E-state index contributed by atoms with van der Waals surface area (Å²) in [7, 11) is -3.37. The second-order valence-electron chi connectivity index (χ2n) is 4.54. The Hall–Kier alpha value is -1.40. The van der Waals surface area contributed by atoms with Crippen molar-refractivity contribution in [2.75, 3.05) is 18.8 Å². The van der Waals surface area contributed by atoms with Gasteiger partial charge in [0.1, 0.15) is 0 Å². The summed E-state index contributed by atoms with van der Waals surface area (Å²) in [5.74, 6) is -1.07. The van der Waals surface area contributed by atoms with Crippen LogP contribution in [0.3, 0.4) is 0 Å². The zero-order chi connectivity index (χ0) is 15.0. The first-order valence-corrected chi connectivity index (χ1v) is 8.30. The smallest absolute Gasteiger partial charge is 0.303 e. The summed E-state index contributed by atoms with van der Waals surface area (Å²) in [5, 5.41) is 8.55. The van der Waals surface area contributed by atoms with E-state index in [0.717, 1.165) is 5.56 Å². The van der Waals surface area contributed by atoms with Gasteiger partial charge in [0, 0.05) is 19.5 Å². The summed E-state index contributed by atoms with van der Waals surface area (Å²) in [6.07, 6.45) is 0.696. The van der Waals surface area contributed by atoms with Crippen molar-refractivity contribution in [3.05, 3.63) is 35.9 Å². The van der Waals surface area contributed by atoms with Crippen LogP contribution < -0.4 is 0 Å². The molecule has 20 heavy (non-hydrogen) atoms. The molecule has 0 aliphatic rings. The topological polar surface area (TPSA) is 74.7 Å². The minimum atomic E-state index is -3.37. The molecule has 112 valence electrons. The highest BCUT2D eigenvalue weighted by Gasteiger charge is 2.20. The van der Waals surface area contributed by atoms with Crippen molar-refractivity contribution in [1.82, 2.24) is 4.31 Å². The van der Waals surface area contributed by atoms with E-state index in [2.05, 4.69) is 0 Å². The summed E-state index contributed by atoms with van der Waals surface area (Å²) in [4.78, 5) is 10.4. The molecule has 0 aliphatic heterocycles. The zero-order valence-electron chi connectivity index (χ0n) is 11.7. The minimum absolute atomic E-state index is 0.109. The number of benzene rings is 1. The molecule has 0 aliphatic carbocycles. The van der Waals surface area contributed by atoms with Crippen LogP contribution in [-0.4, -0.2) is 42.6 Å². The largest absolute Gasteiger partial charge is 0.481 e. The fraction of sp³-hybridized carbons (Fsp3) is 0.500. The fourth-order valence-corrected chi connectivity index (χ4v) is 3.46. The molecule has 5 nitrogen and oxygen atoms in total. The van der Waals surface area contributed by atoms with Crippen molar-refractivity contribution in [3.8, 4) is 0 Å². The molecule has 0 atom stereocenters. The molecule has 0 unspecified atom stereocenters. The fourth-order valence-electron chi connectivity index (χ4n) is 1.93. The number of carbonyl (C=O) groups is 1. The van der Waals surface area contributed by atoms with Crippen molar-refractivity contribution in [3.63, 3.8) is 0 Å². The summed E-state index contributed by atoms with van der Waals surface area (Å²) >= 11 is 0. The molecule has 0 saturated heterocycles. The Kier molecular flexibility index (Phi) is 6.67. The van der Waals surface area contributed by atoms with E-state index in [4.69, 9.17) is 5.11 Å². The standard InChI is InChI=1S/C14H21NO4S/c1-2-15(11-10-13-7-4-3-5-8-13)20(18,19)12-6-9-14(16)17/h3-5,7-8H,2,6,9-12H2,1H3,(H,16,17). The van der Waals surface area contributed by atoms with Crippen molar-refractivity contribution >= 4 is 16.0 Å². The molecule has 0 fully saturated rings. The van der Waals surface area contributed by atoms with E-state index in [1.54, 1.807) is 6.92 Å². The van der Waals surface area contributed by atoms with E-state index in [9.17, 15) is 13.2 Å². The first-order valence-electron chi connectivity index (χ1n) is 6.69. The Labute approximate surface area is 120 Å². The van der Waals surface area contributed by atoms with Gasteiger partial charge in [0.05, 0.1) is 5.75 Å². The molecular weight excluding hydrogens is 278 g/mol. The van der Waals surface area contributed by atoms with Crippen LogP contribution in [0.1, 0.15) is 25.3 Å². The normalized spacial score (nSPS) is 11.7. The van der Waals surface area contributed by atoms with E-state index in [-0.39, 0.29) is 18.6 Å². The SMILES string of the molecule is CCN(CCc1ccccc1)S(=O)(=O)CCCC(=O)O. The van der Waals surface area contributed by atoms with E-state index in [1.807, 2.05) is 30.3 Å². The summed E-state index contributed by atoms with van der Waals surface area (Å²) in [6, 6.07) is 9.69. The van der Waals surface area contributed by atoms with E-state index in [0.29, 0.717) is 19.5 Å². The van der Waals surface area contributed by atoms with Crippen LogP contribution in [0, 0.1) is 0 Å². The van der Waals surface area contributed by atoms with Crippen molar-refractivity contribution in [1.29, 1.82) is 0 Å². The number of likely N-dealkylation sites (N-methyl/N-ethyl adjacent to an activating group) is 1. The maximum Gasteiger partial charge on any atom is 0.303 e. The van der Waals surface area contributed by atoms with Crippen LogP contribution in [-0.2, 0) is 21.2 Å². The lowest BCUT2D eigenvalue weighted by Gasteiger charge is -2.20. The van der Waals surface area contributed by atoms with Crippen molar-refractivity contribution < 1.29 is 18.3 Å². The first-order chi connectivity index (χ1) is 9.45. The average molecular weight is 299 g/mol. The van der Waals surface area contributed by atoms with Crippen LogP contribution in [0.25, 0.3) is 0 Å². The lowest BCUT2D eigenvalue weighted by molar-refractivity contribution is -0.137. The monoisotopic (exact) mass is 299 g/mol. The molecule has 0 amide bonds. The molecule has 1 N–H and O–H groups in total. The van der Waals surface area contributed by atoms with Gasteiger partial charge in [0.15, 0.2) is 0 Å². The molecule has 1 aromatic carbocycles. The number of aliphatic carboxylic acids is 1. The Balaban J connectivity index is 2.53. The molecule has 0 heterocycles. The number of sulfonamides is 1. The van der Waals surface area contributed by atoms with Gasteiger partial charge in [-0.25, -0.2) is 12.7 Å². The number of rotatable bonds is 9. The third-order valence-corrected chi connectivity index (χ3v) is 5.06. The van der Waals surface area contributed by atoms with E-state index >= 15 is 0 Å². The van der Waals surface area contributed by atoms with Gasteiger partial charge in [-0.05, 0) is 18.4 Å². The van der Waals surface area contributed by atoms with E-state index in [1.165, 1.54) is 4.31 Å². The van der Waals surface area contributed by atoms with Crippen LogP contribution in [0.15, 0.2) is 30.3 Å². The molecule has 0 aromatic heterocycles. The number of carboxylic acids is 1. The summed E-state index contributed by atoms with van der Waals surface area (Å²) < 4.78 is 25.6. The quantitative estimate of drug-likeness (QED) is 0.754. The maximum atomic E-state index is 12.1. The van der Waals surface area contributed by atoms with E-state index < -0.39 is 16.0 Å². The highest BCUT2D eigenvalue weighted by Crippen LogP contribution is 2.08. The van der Waals surface area contributed by atoms with Gasteiger partial charge in [0.2, 0.25) is 10.0 Å². The highest BCUT2D eigenvalue weighted by molar-refractivity contribution is 7.89. The van der Waals surface area contributed by atoms with Crippen LogP contribution in [0.5, 0.6) is 0 Å². The molecule has 0 spiro atoms. The summed E-state index contributed by atoms with van der Waals surface area (Å²) in [6.45, 7) is 2.62. The number of nitrogens with zero attached hydrogens (tertiary/aromatic N) is 1. The number of hydrogen-bond acceptors (Lipinski definition) is 3. The Morgan fingerprint density at radius 2 is 1.90 bits per heavy atom. The lowest BCUT2D eigenvalue weighted by atomic mass is 10.1. The van der Waals surface area contributed by atoms with Gasteiger partial charge >= 0.3 is 5.97 Å². The predicted octanol–water partition coefficient (Wildman–Crippen LogP) is 1.75. The molecule has 1 rings (SSSR count). The summed E-state index contributed by atoms with van der Waals surface area (Å²) in [5.41, 5.74) is 1.09. The highest BCUT2D eigenvalue weighted by atomic mass is 32.2. The maximum absolute atomic E-state index is 12.1.